The summed E-state index contributed by atoms with van der Waals surface area (Å²) in [5.74, 6) is -1.60. The summed E-state index contributed by atoms with van der Waals surface area (Å²) in [5, 5.41) is 21.4. The van der Waals surface area contributed by atoms with Gasteiger partial charge in [0.15, 0.2) is 6.10 Å². The lowest BCUT2D eigenvalue weighted by Crippen LogP contribution is -2.62. The van der Waals surface area contributed by atoms with Crippen molar-refractivity contribution in [1.82, 2.24) is 0 Å². The molecule has 0 amide bonds. The molecule has 0 aliphatic carbocycles. The summed E-state index contributed by atoms with van der Waals surface area (Å²) in [6, 6.07) is 0. The Balaban J connectivity index is 2.63. The van der Waals surface area contributed by atoms with Gasteiger partial charge in [-0.15, -0.1) is 0 Å². The van der Waals surface area contributed by atoms with Crippen LogP contribution in [0.3, 0.4) is 0 Å². The summed E-state index contributed by atoms with van der Waals surface area (Å²) in [6.07, 6.45) is 52.1. The van der Waals surface area contributed by atoms with Crippen LogP contribution in [0.2, 0.25) is 0 Å². The van der Waals surface area contributed by atoms with Crippen LogP contribution in [0.1, 0.15) is 290 Å². The highest BCUT2D eigenvalue weighted by Gasteiger charge is 2.51. The van der Waals surface area contributed by atoms with Crippen molar-refractivity contribution in [2.45, 2.75) is 321 Å². The maximum Gasteiger partial charge on any atom is 0.308 e. The Morgan fingerprint density at radius 3 is 0.942 bits per heavy atom. The summed E-state index contributed by atoms with van der Waals surface area (Å²) < 4.78 is 23.3. The second kappa shape index (κ2) is 49.1. The van der Waals surface area contributed by atoms with Crippen LogP contribution >= 0.6 is 0 Å². The summed E-state index contributed by atoms with van der Waals surface area (Å²) in [5.41, 5.74) is 0. The lowest BCUT2D eigenvalue weighted by atomic mass is 9.98. The van der Waals surface area contributed by atoms with Gasteiger partial charge in [-0.2, -0.15) is 0 Å². The number of hydrogen-bond acceptors (Lipinski definition) is 9. The third-order valence-electron chi connectivity index (χ3n) is 13.5. The first-order valence-electron chi connectivity index (χ1n) is 29.4. The molecular weight excluding hydrogens is 865 g/mol. The van der Waals surface area contributed by atoms with Gasteiger partial charge < -0.3 is 29.2 Å². The molecule has 0 spiro atoms. The molecule has 1 unspecified atom stereocenters. The molecule has 0 radical (unpaired) electrons. The van der Waals surface area contributed by atoms with Crippen molar-refractivity contribution in [3.8, 4) is 0 Å². The second-order valence-electron chi connectivity index (χ2n) is 20.1. The number of carbonyl (C=O) groups is 3. The lowest BCUT2D eigenvalue weighted by Gasteiger charge is -2.42. The van der Waals surface area contributed by atoms with E-state index in [0.29, 0.717) is 19.3 Å². The number of esters is 3. The zero-order chi connectivity index (χ0) is 50.1. The smallest absolute Gasteiger partial charge is 0.308 e. The third kappa shape index (κ3) is 38.8. The molecule has 1 aliphatic heterocycles. The Morgan fingerprint density at radius 2 is 0.638 bits per heavy atom. The number of allylic oxidation sites excluding steroid dienone is 6. The molecule has 2 N–H and O–H groups in total. The van der Waals surface area contributed by atoms with Crippen LogP contribution in [0, 0.1) is 0 Å². The minimum Gasteiger partial charge on any atom is -0.455 e. The Morgan fingerprint density at radius 1 is 0.377 bits per heavy atom. The van der Waals surface area contributed by atoms with Gasteiger partial charge in [-0.25, -0.2) is 0 Å². The fourth-order valence-electron chi connectivity index (χ4n) is 9.03. The van der Waals surface area contributed by atoms with Crippen LogP contribution in [-0.2, 0) is 33.3 Å². The van der Waals surface area contributed by atoms with Crippen molar-refractivity contribution in [3.63, 3.8) is 0 Å². The molecule has 0 bridgehead atoms. The lowest BCUT2D eigenvalue weighted by molar-refractivity contribution is -0.298. The van der Waals surface area contributed by atoms with Crippen molar-refractivity contribution in [3.05, 3.63) is 36.5 Å². The van der Waals surface area contributed by atoms with Crippen LogP contribution in [0.5, 0.6) is 0 Å². The van der Waals surface area contributed by atoms with E-state index in [4.69, 9.17) is 18.9 Å². The average Bonchev–Trinajstić information content (AvgIpc) is 3.34. The monoisotopic (exact) mass is 973 g/mol. The van der Waals surface area contributed by atoms with Gasteiger partial charge in [-0.3, -0.25) is 14.4 Å². The zero-order valence-electron chi connectivity index (χ0n) is 45.0. The molecule has 5 atom stereocenters. The van der Waals surface area contributed by atoms with E-state index in [1.165, 1.54) is 116 Å². The Bertz CT molecular complexity index is 1260. The first-order valence-corrected chi connectivity index (χ1v) is 29.4. The first-order chi connectivity index (χ1) is 33.9. The van der Waals surface area contributed by atoms with E-state index in [1.54, 1.807) is 0 Å². The number of unbranched alkanes of at least 4 members (excludes halogenated alkanes) is 33. The van der Waals surface area contributed by atoms with Gasteiger partial charge in [0.2, 0.25) is 12.4 Å². The van der Waals surface area contributed by atoms with Crippen molar-refractivity contribution >= 4 is 17.9 Å². The highest BCUT2D eigenvalue weighted by molar-refractivity contribution is 5.71. The first kappa shape index (κ1) is 64.5. The highest BCUT2D eigenvalue weighted by Crippen LogP contribution is 2.29. The molecule has 1 saturated heterocycles. The molecule has 0 saturated carbocycles. The van der Waals surface area contributed by atoms with Gasteiger partial charge in [-0.05, 0) is 96.3 Å². The minimum atomic E-state index is -1.48. The van der Waals surface area contributed by atoms with E-state index in [0.717, 1.165) is 116 Å². The Hall–Kier alpha value is -2.49. The van der Waals surface area contributed by atoms with E-state index in [2.05, 4.69) is 57.2 Å². The van der Waals surface area contributed by atoms with E-state index in [9.17, 15) is 24.6 Å². The van der Waals surface area contributed by atoms with Gasteiger partial charge in [0, 0.05) is 19.3 Å². The number of aliphatic hydroxyl groups excluding tert-OH is 2. The van der Waals surface area contributed by atoms with Crippen LogP contribution in [0.4, 0.5) is 0 Å². The highest BCUT2D eigenvalue weighted by atomic mass is 16.7. The maximum absolute atomic E-state index is 13.3. The predicted molar refractivity (Wildman–Crippen MR) is 286 cm³/mol. The van der Waals surface area contributed by atoms with Crippen molar-refractivity contribution in [2.75, 3.05) is 6.61 Å². The predicted octanol–water partition coefficient (Wildman–Crippen LogP) is 16.5. The molecule has 1 aliphatic rings. The second-order valence-corrected chi connectivity index (χ2v) is 20.1. The van der Waals surface area contributed by atoms with Crippen LogP contribution < -0.4 is 0 Å². The molecule has 9 heteroatoms. The minimum absolute atomic E-state index is 0.138. The van der Waals surface area contributed by atoms with Crippen LogP contribution in [0.15, 0.2) is 36.5 Å². The van der Waals surface area contributed by atoms with Gasteiger partial charge in [0.1, 0.15) is 12.2 Å². The number of ether oxygens (including phenoxy) is 4. The summed E-state index contributed by atoms with van der Waals surface area (Å²) in [6.45, 7) is 6.15. The molecule has 0 aromatic heterocycles. The fraction of sp³-hybridized carbons (Fsp3) is 0.850. The van der Waals surface area contributed by atoms with Crippen molar-refractivity contribution in [1.29, 1.82) is 0 Å². The quantitative estimate of drug-likeness (QED) is 0.0265. The summed E-state index contributed by atoms with van der Waals surface area (Å²) in [7, 11) is 0. The summed E-state index contributed by atoms with van der Waals surface area (Å²) >= 11 is 0. The van der Waals surface area contributed by atoms with Gasteiger partial charge in [0.25, 0.3) is 0 Å². The van der Waals surface area contributed by atoms with Gasteiger partial charge in [-0.1, -0.05) is 211 Å². The SMILES string of the molecule is CCCCCCCCC=CCCCCCCCC(=O)OC1O[C@H](CO)[C@@H](O)[C@H](OC(=O)CCCCCCCC=CCCCCCCCC)[C@@H]1OC(=O)CCCCCCCC=CCCCCCCCC. The number of aliphatic hydroxyl groups is 2. The summed E-state index contributed by atoms with van der Waals surface area (Å²) in [4.78, 5) is 39.7. The van der Waals surface area contributed by atoms with E-state index in [1.807, 2.05) is 0 Å². The normalized spacial score (nSPS) is 18.5. The van der Waals surface area contributed by atoms with E-state index < -0.39 is 55.2 Å². The Kier molecular flexibility index (Phi) is 45.9. The molecule has 402 valence electrons. The number of rotatable bonds is 49. The van der Waals surface area contributed by atoms with Gasteiger partial charge >= 0.3 is 17.9 Å². The number of hydrogen-bond donors (Lipinski definition) is 2. The Labute approximate surface area is 424 Å². The fourth-order valence-corrected chi connectivity index (χ4v) is 9.03. The molecule has 0 aromatic rings. The van der Waals surface area contributed by atoms with Gasteiger partial charge in [0.05, 0.1) is 6.61 Å². The molecule has 1 heterocycles. The largest absolute Gasteiger partial charge is 0.455 e. The molecule has 69 heavy (non-hydrogen) atoms. The molecule has 9 nitrogen and oxygen atoms in total. The average molecular weight is 974 g/mol. The van der Waals surface area contributed by atoms with Crippen LogP contribution in [-0.4, -0.2) is 65.4 Å². The van der Waals surface area contributed by atoms with Crippen molar-refractivity contribution < 1.29 is 43.5 Å². The van der Waals surface area contributed by atoms with E-state index in [-0.39, 0.29) is 19.3 Å². The zero-order valence-corrected chi connectivity index (χ0v) is 45.0. The molecule has 0 aromatic carbocycles. The molecular formula is C60H108O9. The molecule has 1 fully saturated rings. The topological polar surface area (TPSA) is 129 Å². The van der Waals surface area contributed by atoms with Crippen LogP contribution in [0.25, 0.3) is 0 Å². The van der Waals surface area contributed by atoms with E-state index >= 15 is 0 Å². The maximum atomic E-state index is 13.3. The number of carbonyl (C=O) groups excluding carboxylic acids is 3. The standard InChI is InChI=1S/C60H108O9/c1-4-7-10-13-16-19-22-25-28-31-34-37-40-43-46-49-54(62)67-58-57(65)53(52-61)66-60(69-56(64)51-48-45-42-39-36-33-30-27-24-21-18-15-12-9-6-3)59(58)68-55(63)50-47-44-41-38-35-32-29-26-23-20-17-14-11-8-5-2/h25-30,53,57-61,65H,4-24,31-52H2,1-3H3/t53-,57-,58+,59+,60?/m1/s1. The molecule has 1 rings (SSSR count). The van der Waals surface area contributed by atoms with Crippen molar-refractivity contribution in [2.24, 2.45) is 0 Å². The third-order valence-corrected chi connectivity index (χ3v) is 13.5.